The zero-order chi connectivity index (χ0) is 28.6. The third-order valence-electron chi connectivity index (χ3n) is 6.03. The number of hydrogen-bond donors (Lipinski definition) is 1. The number of rotatable bonds is 12. The summed E-state index contributed by atoms with van der Waals surface area (Å²) in [6.45, 7) is 3.41. The Morgan fingerprint density at radius 3 is 2.28 bits per heavy atom. The lowest BCUT2D eigenvalue weighted by molar-refractivity contribution is -0.140. The van der Waals surface area contributed by atoms with Gasteiger partial charge in [-0.3, -0.25) is 13.9 Å². The van der Waals surface area contributed by atoms with Gasteiger partial charge in [0.15, 0.2) is 0 Å². The Hall–Kier alpha value is -3.27. The van der Waals surface area contributed by atoms with E-state index in [1.54, 1.807) is 68.4 Å². The van der Waals surface area contributed by atoms with Crippen LogP contribution in [0, 0.1) is 0 Å². The van der Waals surface area contributed by atoms with Gasteiger partial charge in [0.25, 0.3) is 10.0 Å². The summed E-state index contributed by atoms with van der Waals surface area (Å²) >= 11 is 12.3. The Kier molecular flexibility index (Phi) is 10.6. The number of methoxy groups -OCH3 is 1. The summed E-state index contributed by atoms with van der Waals surface area (Å²) in [5, 5.41) is 3.42. The number of carbonyl (C=O) groups excluding carboxylic acids is 2. The van der Waals surface area contributed by atoms with Crippen LogP contribution in [0.25, 0.3) is 0 Å². The minimum atomic E-state index is -4.16. The number of likely N-dealkylation sites (N-methyl/N-ethyl adjacent to an activating group) is 1. The number of amides is 2. The number of ether oxygens (including phenoxy) is 1. The van der Waals surface area contributed by atoms with Gasteiger partial charge in [0.1, 0.15) is 18.3 Å². The standard InChI is InChI=1S/C28H31Cl2N3O5S/c1-4-26(28(35)31-5-2)32(18-20-14-15-24(29)25(30)16-20)27(34)19-33(21-10-9-11-22(17-21)38-3)39(36,37)23-12-7-6-8-13-23/h6-17,26H,4-5,18-19H2,1-3H3,(H,31,35)/t26-/m0/s1. The Balaban J connectivity index is 2.08. The van der Waals surface area contributed by atoms with Crippen LogP contribution in [0.1, 0.15) is 25.8 Å². The predicted molar refractivity (Wildman–Crippen MR) is 154 cm³/mol. The van der Waals surface area contributed by atoms with Gasteiger partial charge in [0.05, 0.1) is 27.7 Å². The molecule has 3 aromatic rings. The van der Waals surface area contributed by atoms with E-state index < -0.39 is 28.5 Å². The molecule has 1 N–H and O–H groups in total. The third-order valence-corrected chi connectivity index (χ3v) is 8.55. The number of halogens is 2. The van der Waals surface area contributed by atoms with Crippen molar-refractivity contribution in [2.24, 2.45) is 0 Å². The molecule has 0 bridgehead atoms. The molecule has 3 rings (SSSR count). The molecule has 8 nitrogen and oxygen atoms in total. The van der Waals surface area contributed by atoms with E-state index >= 15 is 0 Å². The number of nitrogens with one attached hydrogen (secondary N) is 1. The van der Waals surface area contributed by atoms with Crippen LogP contribution in [0.5, 0.6) is 5.75 Å². The lowest BCUT2D eigenvalue weighted by Gasteiger charge is -2.33. The molecule has 0 fully saturated rings. The number of hydrogen-bond acceptors (Lipinski definition) is 5. The highest BCUT2D eigenvalue weighted by molar-refractivity contribution is 7.92. The van der Waals surface area contributed by atoms with Crippen molar-refractivity contribution in [1.29, 1.82) is 0 Å². The van der Waals surface area contributed by atoms with Crippen LogP contribution in [0.3, 0.4) is 0 Å². The summed E-state index contributed by atoms with van der Waals surface area (Å²) in [5.41, 5.74) is 0.881. The lowest BCUT2D eigenvalue weighted by atomic mass is 10.1. The van der Waals surface area contributed by atoms with Gasteiger partial charge in [-0.15, -0.1) is 0 Å². The Bertz CT molecular complexity index is 1400. The van der Waals surface area contributed by atoms with Crippen molar-refractivity contribution >= 4 is 50.7 Å². The van der Waals surface area contributed by atoms with Crippen LogP contribution < -0.4 is 14.4 Å². The summed E-state index contributed by atoms with van der Waals surface area (Å²) in [4.78, 5) is 28.4. The maximum Gasteiger partial charge on any atom is 0.264 e. The fraction of sp³-hybridized carbons (Fsp3) is 0.286. The van der Waals surface area contributed by atoms with Crippen molar-refractivity contribution in [3.05, 3.63) is 88.4 Å². The van der Waals surface area contributed by atoms with Gasteiger partial charge in [0, 0.05) is 19.2 Å². The maximum atomic E-state index is 14.0. The second kappa shape index (κ2) is 13.7. The summed E-state index contributed by atoms with van der Waals surface area (Å²) in [6.07, 6.45) is 0.309. The highest BCUT2D eigenvalue weighted by Gasteiger charge is 2.33. The number of sulfonamides is 1. The van der Waals surface area contributed by atoms with Crippen LogP contribution in [-0.4, -0.2) is 51.4 Å². The normalized spacial score (nSPS) is 11.9. The van der Waals surface area contributed by atoms with Gasteiger partial charge in [-0.1, -0.05) is 60.5 Å². The van der Waals surface area contributed by atoms with Gasteiger partial charge < -0.3 is 15.0 Å². The molecular formula is C28H31Cl2N3O5S. The van der Waals surface area contributed by atoms with Gasteiger partial charge in [-0.05, 0) is 55.3 Å². The Morgan fingerprint density at radius 2 is 1.67 bits per heavy atom. The molecule has 0 aliphatic carbocycles. The molecule has 0 heterocycles. The second-order valence-electron chi connectivity index (χ2n) is 8.61. The van der Waals surface area contributed by atoms with E-state index in [9.17, 15) is 18.0 Å². The van der Waals surface area contributed by atoms with Crippen LogP contribution in [-0.2, 0) is 26.2 Å². The molecule has 3 aromatic carbocycles. The Morgan fingerprint density at radius 1 is 0.949 bits per heavy atom. The van der Waals surface area contributed by atoms with Crippen LogP contribution >= 0.6 is 23.2 Å². The SMILES string of the molecule is CCNC(=O)[C@H](CC)N(Cc1ccc(Cl)c(Cl)c1)C(=O)CN(c1cccc(OC)c1)S(=O)(=O)c1ccccc1. The molecule has 11 heteroatoms. The van der Waals surface area contributed by atoms with Crippen molar-refractivity contribution in [2.75, 3.05) is 24.5 Å². The predicted octanol–water partition coefficient (Wildman–Crippen LogP) is 5.14. The molecule has 0 spiro atoms. The third kappa shape index (κ3) is 7.44. The molecule has 208 valence electrons. The monoisotopic (exact) mass is 591 g/mol. The van der Waals surface area contributed by atoms with E-state index in [1.165, 1.54) is 30.2 Å². The zero-order valence-corrected chi connectivity index (χ0v) is 24.3. The molecule has 0 aromatic heterocycles. The van der Waals surface area contributed by atoms with Crippen LogP contribution in [0.15, 0.2) is 77.7 Å². The number of carbonyl (C=O) groups is 2. The average Bonchev–Trinajstić information content (AvgIpc) is 2.94. The van der Waals surface area contributed by atoms with E-state index in [-0.39, 0.29) is 23.0 Å². The van der Waals surface area contributed by atoms with E-state index in [0.29, 0.717) is 34.3 Å². The fourth-order valence-corrected chi connectivity index (χ4v) is 5.81. The highest BCUT2D eigenvalue weighted by atomic mass is 35.5. The van der Waals surface area contributed by atoms with E-state index in [4.69, 9.17) is 27.9 Å². The first-order valence-electron chi connectivity index (χ1n) is 12.3. The maximum absolute atomic E-state index is 14.0. The smallest absolute Gasteiger partial charge is 0.264 e. The van der Waals surface area contributed by atoms with Crippen LogP contribution in [0.4, 0.5) is 5.69 Å². The van der Waals surface area contributed by atoms with Crippen molar-refractivity contribution < 1.29 is 22.7 Å². The van der Waals surface area contributed by atoms with E-state index in [1.807, 2.05) is 0 Å². The molecule has 0 saturated heterocycles. The summed E-state index contributed by atoms with van der Waals surface area (Å²) < 4.78 is 33.9. The van der Waals surface area contributed by atoms with Crippen molar-refractivity contribution in [3.8, 4) is 5.75 Å². The van der Waals surface area contributed by atoms with Crippen LogP contribution in [0.2, 0.25) is 10.0 Å². The summed E-state index contributed by atoms with van der Waals surface area (Å²) in [7, 11) is -2.69. The minimum Gasteiger partial charge on any atom is -0.497 e. The molecule has 1 atom stereocenters. The highest BCUT2D eigenvalue weighted by Crippen LogP contribution is 2.28. The summed E-state index contributed by atoms with van der Waals surface area (Å²) in [5.74, 6) is -0.483. The van der Waals surface area contributed by atoms with E-state index in [2.05, 4.69) is 5.32 Å². The topological polar surface area (TPSA) is 96.0 Å². The molecule has 39 heavy (non-hydrogen) atoms. The van der Waals surface area contributed by atoms with Crippen molar-refractivity contribution in [1.82, 2.24) is 10.2 Å². The first kappa shape index (κ1) is 30.3. The largest absolute Gasteiger partial charge is 0.497 e. The number of nitrogens with zero attached hydrogens (tertiary/aromatic N) is 2. The van der Waals surface area contributed by atoms with Crippen molar-refractivity contribution in [3.63, 3.8) is 0 Å². The molecule has 0 unspecified atom stereocenters. The van der Waals surface area contributed by atoms with Crippen molar-refractivity contribution in [2.45, 2.75) is 37.8 Å². The number of anilines is 1. The molecule has 2 amide bonds. The molecule has 0 aliphatic rings. The van der Waals surface area contributed by atoms with Gasteiger partial charge in [0.2, 0.25) is 11.8 Å². The average molecular weight is 593 g/mol. The Labute approximate surface area is 239 Å². The second-order valence-corrected chi connectivity index (χ2v) is 11.3. The lowest BCUT2D eigenvalue weighted by Crippen LogP contribution is -2.52. The molecule has 0 radical (unpaired) electrons. The first-order chi connectivity index (χ1) is 18.6. The molecule has 0 aliphatic heterocycles. The van der Waals surface area contributed by atoms with E-state index in [0.717, 1.165) is 4.31 Å². The number of benzene rings is 3. The van der Waals surface area contributed by atoms with Gasteiger partial charge in [-0.2, -0.15) is 0 Å². The first-order valence-corrected chi connectivity index (χ1v) is 14.5. The zero-order valence-electron chi connectivity index (χ0n) is 21.9. The fourth-order valence-electron chi connectivity index (χ4n) is 4.06. The van der Waals surface area contributed by atoms with Gasteiger partial charge >= 0.3 is 0 Å². The minimum absolute atomic E-state index is 0.0166. The molecular weight excluding hydrogens is 561 g/mol. The quantitative estimate of drug-likeness (QED) is 0.314. The summed E-state index contributed by atoms with van der Waals surface area (Å²) in [6, 6.07) is 18.4. The molecule has 0 saturated carbocycles. The van der Waals surface area contributed by atoms with Gasteiger partial charge in [-0.25, -0.2) is 8.42 Å².